The number of thioether (sulfide) groups is 1. The number of benzene rings is 2. The van der Waals surface area contributed by atoms with Crippen LogP contribution >= 0.6 is 11.8 Å². The lowest BCUT2D eigenvalue weighted by atomic mass is 10.2. The molecule has 1 aromatic heterocycles. The maximum absolute atomic E-state index is 5.43. The maximum atomic E-state index is 5.43. The molecule has 112 valence electrons. The zero-order valence-corrected chi connectivity index (χ0v) is 13.3. The van der Waals surface area contributed by atoms with Gasteiger partial charge in [-0.1, -0.05) is 54.2 Å². The van der Waals surface area contributed by atoms with Gasteiger partial charge in [0.15, 0.2) is 5.16 Å². The van der Waals surface area contributed by atoms with Gasteiger partial charge in [-0.25, -0.2) is 0 Å². The molecule has 5 heteroatoms. The number of hydrogen-bond acceptors (Lipinski definition) is 4. The van der Waals surface area contributed by atoms with Crippen LogP contribution in [-0.2, 0) is 0 Å². The molecule has 0 bridgehead atoms. The smallest absolute Gasteiger partial charge is 0.196 e. The van der Waals surface area contributed by atoms with Crippen LogP contribution in [0.5, 0.6) is 5.75 Å². The molecule has 22 heavy (non-hydrogen) atoms. The molecule has 0 spiro atoms. The Kier molecular flexibility index (Phi) is 4.44. The minimum Gasteiger partial charge on any atom is -0.495 e. The van der Waals surface area contributed by atoms with Gasteiger partial charge in [0.1, 0.15) is 12.1 Å². The van der Waals surface area contributed by atoms with Crippen molar-refractivity contribution in [1.82, 2.24) is 14.8 Å². The fourth-order valence-electron chi connectivity index (χ4n) is 2.25. The van der Waals surface area contributed by atoms with Gasteiger partial charge in [-0.15, -0.1) is 10.2 Å². The number of ether oxygens (including phenoxy) is 1. The molecule has 0 N–H and O–H groups in total. The number of methoxy groups -OCH3 is 1. The summed E-state index contributed by atoms with van der Waals surface area (Å²) in [5.41, 5.74) is 2.21. The highest BCUT2D eigenvalue weighted by atomic mass is 32.2. The summed E-state index contributed by atoms with van der Waals surface area (Å²) in [6, 6.07) is 18.2. The molecule has 0 aliphatic carbocycles. The van der Waals surface area contributed by atoms with Crippen LogP contribution in [0.15, 0.2) is 66.1 Å². The first-order valence-corrected chi connectivity index (χ1v) is 7.92. The van der Waals surface area contributed by atoms with E-state index in [-0.39, 0.29) is 0 Å². The molecule has 0 aliphatic rings. The summed E-state index contributed by atoms with van der Waals surface area (Å²) in [6.07, 6.45) is 1.72. The molecular formula is C17H17N3OS. The number of para-hydroxylation sites is 2. The first-order chi connectivity index (χ1) is 10.8. The van der Waals surface area contributed by atoms with E-state index in [1.54, 1.807) is 25.2 Å². The quantitative estimate of drug-likeness (QED) is 0.664. The van der Waals surface area contributed by atoms with Gasteiger partial charge in [-0.05, 0) is 24.6 Å². The van der Waals surface area contributed by atoms with Gasteiger partial charge in [-0.2, -0.15) is 0 Å². The molecule has 2 aromatic carbocycles. The van der Waals surface area contributed by atoms with Crippen LogP contribution in [0.2, 0.25) is 0 Å². The Morgan fingerprint density at radius 3 is 2.55 bits per heavy atom. The van der Waals surface area contributed by atoms with Crippen LogP contribution in [0.25, 0.3) is 5.69 Å². The van der Waals surface area contributed by atoms with E-state index in [0.717, 1.165) is 16.6 Å². The SMILES string of the molecule is COc1ccccc1-n1cnnc1S[C@H](C)c1ccccc1. The topological polar surface area (TPSA) is 39.9 Å². The highest BCUT2D eigenvalue weighted by molar-refractivity contribution is 7.99. The third-order valence-electron chi connectivity index (χ3n) is 3.41. The fraction of sp³-hybridized carbons (Fsp3) is 0.176. The second-order valence-corrected chi connectivity index (χ2v) is 6.13. The molecule has 4 nitrogen and oxygen atoms in total. The van der Waals surface area contributed by atoms with Crippen molar-refractivity contribution in [3.63, 3.8) is 0 Å². The Morgan fingerprint density at radius 1 is 1.05 bits per heavy atom. The Balaban J connectivity index is 1.90. The number of rotatable bonds is 5. The van der Waals surface area contributed by atoms with Crippen molar-refractivity contribution in [3.8, 4) is 11.4 Å². The van der Waals surface area contributed by atoms with E-state index in [1.807, 2.05) is 34.9 Å². The van der Waals surface area contributed by atoms with E-state index in [4.69, 9.17) is 4.74 Å². The van der Waals surface area contributed by atoms with Crippen molar-refractivity contribution < 1.29 is 4.74 Å². The van der Waals surface area contributed by atoms with Gasteiger partial charge >= 0.3 is 0 Å². The van der Waals surface area contributed by atoms with E-state index in [1.165, 1.54) is 5.56 Å². The summed E-state index contributed by atoms with van der Waals surface area (Å²) in [7, 11) is 1.67. The third kappa shape index (κ3) is 2.99. The second kappa shape index (κ2) is 6.66. The minimum absolute atomic E-state index is 0.291. The maximum Gasteiger partial charge on any atom is 0.196 e. The van der Waals surface area contributed by atoms with Crippen LogP contribution in [0, 0.1) is 0 Å². The summed E-state index contributed by atoms with van der Waals surface area (Å²) in [5, 5.41) is 9.45. The standard InChI is InChI=1S/C17H17N3OS/c1-13(14-8-4-3-5-9-14)22-17-19-18-12-20(17)15-10-6-7-11-16(15)21-2/h3-13H,1-2H3/t13-/m1/s1. The average molecular weight is 311 g/mol. The summed E-state index contributed by atoms with van der Waals surface area (Å²) in [6.45, 7) is 2.17. The number of aromatic nitrogens is 3. The summed E-state index contributed by atoms with van der Waals surface area (Å²) in [4.78, 5) is 0. The Hall–Kier alpha value is -2.27. The van der Waals surface area contributed by atoms with E-state index in [0.29, 0.717) is 5.25 Å². The van der Waals surface area contributed by atoms with Crippen molar-refractivity contribution in [3.05, 3.63) is 66.5 Å². The Bertz CT molecular complexity index is 742. The average Bonchev–Trinajstić information content (AvgIpc) is 3.03. The molecule has 0 saturated carbocycles. The first kappa shape index (κ1) is 14.7. The van der Waals surface area contributed by atoms with Gasteiger partial charge < -0.3 is 4.74 Å². The van der Waals surface area contributed by atoms with E-state index in [9.17, 15) is 0 Å². The molecule has 1 atom stereocenters. The van der Waals surface area contributed by atoms with Crippen molar-refractivity contribution in [2.45, 2.75) is 17.3 Å². The molecule has 0 amide bonds. The zero-order chi connectivity index (χ0) is 15.4. The summed E-state index contributed by atoms with van der Waals surface area (Å²) in [5.74, 6) is 0.802. The molecule has 0 radical (unpaired) electrons. The zero-order valence-electron chi connectivity index (χ0n) is 12.5. The van der Waals surface area contributed by atoms with Crippen LogP contribution in [0.3, 0.4) is 0 Å². The van der Waals surface area contributed by atoms with Gasteiger partial charge in [-0.3, -0.25) is 4.57 Å². The molecular weight excluding hydrogens is 294 g/mol. The van der Waals surface area contributed by atoms with Gasteiger partial charge in [0.2, 0.25) is 0 Å². The lowest BCUT2D eigenvalue weighted by molar-refractivity contribution is 0.412. The number of nitrogens with zero attached hydrogens (tertiary/aromatic N) is 3. The molecule has 0 saturated heterocycles. The molecule has 0 fully saturated rings. The highest BCUT2D eigenvalue weighted by Crippen LogP contribution is 2.35. The van der Waals surface area contributed by atoms with Crippen LogP contribution in [0.1, 0.15) is 17.7 Å². The van der Waals surface area contributed by atoms with Crippen LogP contribution in [0.4, 0.5) is 0 Å². The Labute approximate surface area is 134 Å². The minimum atomic E-state index is 0.291. The molecule has 0 aliphatic heterocycles. The normalized spacial score (nSPS) is 12.1. The highest BCUT2D eigenvalue weighted by Gasteiger charge is 2.15. The lowest BCUT2D eigenvalue weighted by Gasteiger charge is -2.13. The largest absolute Gasteiger partial charge is 0.495 e. The predicted octanol–water partition coefficient (Wildman–Crippen LogP) is 4.13. The Morgan fingerprint density at radius 2 is 1.77 bits per heavy atom. The van der Waals surface area contributed by atoms with Crippen molar-refractivity contribution in [2.75, 3.05) is 7.11 Å². The summed E-state index contributed by atoms with van der Waals surface area (Å²) >= 11 is 1.68. The second-order valence-electron chi connectivity index (χ2n) is 4.83. The summed E-state index contributed by atoms with van der Waals surface area (Å²) < 4.78 is 7.39. The molecule has 3 aromatic rings. The third-order valence-corrected chi connectivity index (χ3v) is 4.53. The molecule has 0 unspecified atom stereocenters. The molecule has 3 rings (SSSR count). The molecule has 1 heterocycles. The van der Waals surface area contributed by atoms with Crippen molar-refractivity contribution >= 4 is 11.8 Å². The van der Waals surface area contributed by atoms with Crippen LogP contribution in [-0.4, -0.2) is 21.9 Å². The number of hydrogen-bond donors (Lipinski definition) is 0. The van der Waals surface area contributed by atoms with Crippen molar-refractivity contribution in [2.24, 2.45) is 0 Å². The van der Waals surface area contributed by atoms with Crippen molar-refractivity contribution in [1.29, 1.82) is 0 Å². The van der Waals surface area contributed by atoms with E-state index < -0.39 is 0 Å². The van der Waals surface area contributed by atoms with Gasteiger partial charge in [0.05, 0.1) is 12.8 Å². The van der Waals surface area contributed by atoms with E-state index >= 15 is 0 Å². The monoisotopic (exact) mass is 311 g/mol. The predicted molar refractivity (Wildman–Crippen MR) is 88.6 cm³/mol. The fourth-order valence-corrected chi connectivity index (χ4v) is 3.21. The lowest BCUT2D eigenvalue weighted by Crippen LogP contribution is -1.99. The van der Waals surface area contributed by atoms with Gasteiger partial charge in [0.25, 0.3) is 0 Å². The van der Waals surface area contributed by atoms with Gasteiger partial charge in [0, 0.05) is 5.25 Å². The van der Waals surface area contributed by atoms with Crippen LogP contribution < -0.4 is 4.74 Å². The first-order valence-electron chi connectivity index (χ1n) is 7.04. The van der Waals surface area contributed by atoms with E-state index in [2.05, 4.69) is 41.4 Å².